The summed E-state index contributed by atoms with van der Waals surface area (Å²) in [6, 6.07) is 4.89. The third-order valence-corrected chi connectivity index (χ3v) is 5.82. The van der Waals surface area contributed by atoms with Crippen molar-refractivity contribution in [1.29, 1.82) is 0 Å². The molecule has 1 aromatic carbocycles. The Hall–Kier alpha value is -2.52. The summed E-state index contributed by atoms with van der Waals surface area (Å²) in [5.74, 6) is -5.57. The maximum Gasteiger partial charge on any atom is 0.316 e. The number of nitrogens with one attached hydrogen (secondary N) is 1. The van der Waals surface area contributed by atoms with Crippen LogP contribution in [0.5, 0.6) is 0 Å². The van der Waals surface area contributed by atoms with Crippen molar-refractivity contribution >= 4 is 50.3 Å². The van der Waals surface area contributed by atoms with Crippen LogP contribution in [0.3, 0.4) is 0 Å². The van der Waals surface area contributed by atoms with Gasteiger partial charge in [-0.1, -0.05) is 48.0 Å². The van der Waals surface area contributed by atoms with Gasteiger partial charge in [0.15, 0.2) is 11.6 Å². The fourth-order valence-corrected chi connectivity index (χ4v) is 3.98. The zero-order valence-electron chi connectivity index (χ0n) is 17.3. The lowest BCUT2D eigenvalue weighted by Gasteiger charge is -2.26. The van der Waals surface area contributed by atoms with Gasteiger partial charge in [0.1, 0.15) is 11.6 Å². The lowest BCUT2D eigenvalue weighted by atomic mass is 9.85. The summed E-state index contributed by atoms with van der Waals surface area (Å²) >= 11 is 2.95. The van der Waals surface area contributed by atoms with E-state index in [-0.39, 0.29) is 5.33 Å². The summed E-state index contributed by atoms with van der Waals surface area (Å²) in [7, 11) is 1.75. The average molecular weight is 480 g/mol. The molecule has 3 atom stereocenters. The van der Waals surface area contributed by atoms with Gasteiger partial charge in [0.2, 0.25) is 0 Å². The highest BCUT2D eigenvalue weighted by Crippen LogP contribution is 2.25. The predicted octanol–water partition coefficient (Wildman–Crippen LogP) is 1.80. The maximum atomic E-state index is 13.1. The van der Waals surface area contributed by atoms with Crippen molar-refractivity contribution in [2.24, 2.45) is 24.6 Å². The van der Waals surface area contributed by atoms with Gasteiger partial charge in [-0.3, -0.25) is 19.2 Å². The number of carbonyl (C=O) groups is 4. The lowest BCUT2D eigenvalue weighted by molar-refractivity contribution is -0.150. The largest absolute Gasteiger partial charge is 0.481 e. The fraction of sp³-hybridized carbons (Fsp3) is 0.429. The molecule has 0 bridgehead atoms. The van der Waals surface area contributed by atoms with E-state index in [1.165, 1.54) is 0 Å². The third-order valence-electron chi connectivity index (χ3n) is 5.27. The zero-order chi connectivity index (χ0) is 22.7. The van der Waals surface area contributed by atoms with Crippen LogP contribution in [-0.4, -0.2) is 50.5 Å². The van der Waals surface area contributed by atoms with E-state index >= 15 is 0 Å². The van der Waals surface area contributed by atoms with Crippen LogP contribution in [0.4, 0.5) is 0 Å². The molecule has 1 amide bonds. The van der Waals surface area contributed by atoms with Crippen LogP contribution < -0.4 is 11.1 Å². The summed E-state index contributed by atoms with van der Waals surface area (Å²) in [4.78, 5) is 49.8. The molecule has 9 heteroatoms. The van der Waals surface area contributed by atoms with Crippen molar-refractivity contribution in [1.82, 2.24) is 9.88 Å². The molecule has 1 heterocycles. The van der Waals surface area contributed by atoms with Crippen LogP contribution in [0.25, 0.3) is 10.9 Å². The SMILES string of the molecule is Cc1c(C(=O)NC(C(=O)C(C(=O)O)C(N)C(=O)CBr)C(C)C)n(C)c2ccccc12. The number of halogens is 1. The molecule has 0 saturated carbocycles. The van der Waals surface area contributed by atoms with Crippen LogP contribution in [0.15, 0.2) is 24.3 Å². The first-order valence-electron chi connectivity index (χ1n) is 9.48. The number of para-hydroxylation sites is 1. The Bertz CT molecular complexity index is 959. The van der Waals surface area contributed by atoms with E-state index in [9.17, 15) is 24.3 Å². The summed E-state index contributed by atoms with van der Waals surface area (Å²) < 4.78 is 1.73. The Balaban J connectivity index is 2.40. The highest BCUT2D eigenvalue weighted by molar-refractivity contribution is 9.09. The van der Waals surface area contributed by atoms with Gasteiger partial charge in [0, 0.05) is 18.0 Å². The number of Topliss-reactive ketones (excluding diaryl/α,β-unsaturated/α-hetero) is 2. The van der Waals surface area contributed by atoms with E-state index in [1.54, 1.807) is 25.5 Å². The van der Waals surface area contributed by atoms with E-state index in [2.05, 4.69) is 21.2 Å². The number of rotatable bonds is 9. The van der Waals surface area contributed by atoms with Gasteiger partial charge in [-0.15, -0.1) is 0 Å². The Labute approximate surface area is 182 Å². The number of hydrogen-bond donors (Lipinski definition) is 3. The van der Waals surface area contributed by atoms with Gasteiger partial charge in [0.25, 0.3) is 5.91 Å². The van der Waals surface area contributed by atoms with Gasteiger partial charge >= 0.3 is 5.97 Å². The van der Waals surface area contributed by atoms with Gasteiger partial charge in [-0.05, 0) is 24.5 Å². The van der Waals surface area contributed by atoms with Crippen molar-refractivity contribution in [2.45, 2.75) is 32.9 Å². The van der Waals surface area contributed by atoms with Crippen molar-refractivity contribution in [3.8, 4) is 0 Å². The molecule has 4 N–H and O–H groups in total. The number of amides is 1. The molecule has 0 spiro atoms. The number of hydrogen-bond acceptors (Lipinski definition) is 5. The van der Waals surface area contributed by atoms with E-state index in [1.807, 2.05) is 31.2 Å². The number of alkyl halides is 1. The normalized spacial score (nSPS) is 14.4. The monoisotopic (exact) mass is 479 g/mol. The molecule has 0 fully saturated rings. The quantitative estimate of drug-likeness (QED) is 0.371. The standard InChI is InChI=1S/C21H26BrN3O5/c1-10(2)17(19(27)15(21(29)30)16(23)14(26)9-22)24-20(28)18-11(3)12-7-5-6-8-13(12)25(18)4/h5-8,10,15-17H,9,23H2,1-4H3,(H,24,28)(H,29,30). The first kappa shape index (κ1) is 23.8. The van der Waals surface area contributed by atoms with Crippen LogP contribution in [0.1, 0.15) is 29.9 Å². The number of aromatic nitrogens is 1. The van der Waals surface area contributed by atoms with Crippen LogP contribution in [0.2, 0.25) is 0 Å². The molecule has 0 aliphatic heterocycles. The molecule has 0 radical (unpaired) electrons. The molecule has 30 heavy (non-hydrogen) atoms. The fourth-order valence-electron chi connectivity index (χ4n) is 3.60. The van der Waals surface area contributed by atoms with E-state index in [0.29, 0.717) is 5.69 Å². The van der Waals surface area contributed by atoms with Crippen LogP contribution in [0, 0.1) is 18.8 Å². The second-order valence-electron chi connectivity index (χ2n) is 7.59. The number of carboxylic acids is 1. The first-order chi connectivity index (χ1) is 14.0. The van der Waals surface area contributed by atoms with Gasteiger partial charge < -0.3 is 20.7 Å². The average Bonchev–Trinajstić information content (AvgIpc) is 2.95. The number of aryl methyl sites for hydroxylation is 2. The van der Waals surface area contributed by atoms with E-state index < -0.39 is 47.4 Å². The molecule has 2 aromatic rings. The van der Waals surface area contributed by atoms with Crippen LogP contribution in [-0.2, 0) is 21.4 Å². The zero-order valence-corrected chi connectivity index (χ0v) is 18.9. The smallest absolute Gasteiger partial charge is 0.316 e. The number of nitrogens with zero attached hydrogens (tertiary/aromatic N) is 1. The topological polar surface area (TPSA) is 131 Å². The minimum Gasteiger partial charge on any atom is -0.481 e. The molecule has 2 rings (SSSR count). The molecular formula is C21H26BrN3O5. The number of ketones is 2. The van der Waals surface area contributed by atoms with Gasteiger partial charge in [0.05, 0.1) is 17.4 Å². The molecule has 1 aromatic heterocycles. The molecule has 0 aliphatic rings. The molecule has 3 unspecified atom stereocenters. The van der Waals surface area contributed by atoms with E-state index in [4.69, 9.17) is 5.73 Å². The highest BCUT2D eigenvalue weighted by Gasteiger charge is 2.41. The Morgan fingerprint density at radius 2 is 1.80 bits per heavy atom. The van der Waals surface area contributed by atoms with Gasteiger partial charge in [-0.25, -0.2) is 0 Å². The predicted molar refractivity (Wildman–Crippen MR) is 117 cm³/mol. The number of aliphatic carboxylic acids is 1. The van der Waals surface area contributed by atoms with Crippen LogP contribution >= 0.6 is 15.9 Å². The number of carbonyl (C=O) groups excluding carboxylic acids is 3. The maximum absolute atomic E-state index is 13.1. The van der Waals surface area contributed by atoms with Gasteiger partial charge in [-0.2, -0.15) is 0 Å². The van der Waals surface area contributed by atoms with Crippen molar-refractivity contribution in [3.05, 3.63) is 35.5 Å². The first-order valence-corrected chi connectivity index (χ1v) is 10.6. The Morgan fingerprint density at radius 1 is 1.20 bits per heavy atom. The molecular weight excluding hydrogens is 454 g/mol. The Kier molecular flexibility index (Phi) is 7.54. The lowest BCUT2D eigenvalue weighted by Crippen LogP contribution is -2.55. The minimum absolute atomic E-state index is 0.168. The summed E-state index contributed by atoms with van der Waals surface area (Å²) in [5.41, 5.74) is 7.75. The summed E-state index contributed by atoms with van der Waals surface area (Å²) in [6.07, 6.45) is 0. The third kappa shape index (κ3) is 4.46. The second kappa shape index (κ2) is 9.53. The number of nitrogens with two attached hydrogens (primary N) is 1. The van der Waals surface area contributed by atoms with Crippen molar-refractivity contribution in [3.63, 3.8) is 0 Å². The Morgan fingerprint density at radius 3 is 2.30 bits per heavy atom. The summed E-state index contributed by atoms with van der Waals surface area (Å²) in [5, 5.41) is 13.0. The number of benzene rings is 1. The van der Waals surface area contributed by atoms with Crippen molar-refractivity contribution in [2.75, 3.05) is 5.33 Å². The molecule has 8 nitrogen and oxygen atoms in total. The second-order valence-corrected chi connectivity index (χ2v) is 8.15. The number of fused-ring (bicyclic) bond motifs is 1. The summed E-state index contributed by atoms with van der Waals surface area (Å²) in [6.45, 7) is 5.19. The van der Waals surface area contributed by atoms with Crippen molar-refractivity contribution < 1.29 is 24.3 Å². The molecule has 162 valence electrons. The molecule has 0 aliphatic carbocycles. The minimum atomic E-state index is -1.75. The highest BCUT2D eigenvalue weighted by atomic mass is 79.9. The van der Waals surface area contributed by atoms with E-state index in [0.717, 1.165) is 16.5 Å². The molecule has 0 saturated heterocycles. The number of carboxylic acid groups (broad SMARTS) is 1.